The number of carbonyl (C=O) groups excluding carboxylic acids is 1. The summed E-state index contributed by atoms with van der Waals surface area (Å²) in [6, 6.07) is 9.35. The summed E-state index contributed by atoms with van der Waals surface area (Å²) in [5.74, 6) is -0.110. The van der Waals surface area contributed by atoms with Crippen molar-refractivity contribution in [1.82, 2.24) is 19.8 Å². The number of pyridine rings is 1. The predicted molar refractivity (Wildman–Crippen MR) is 145 cm³/mol. The molecule has 0 radical (unpaired) electrons. The number of likely N-dealkylation sites (tertiary alicyclic amines) is 1. The Morgan fingerprint density at radius 3 is 2.62 bits per heavy atom. The normalized spacial score (nSPS) is 15.9. The third-order valence-electron chi connectivity index (χ3n) is 7.42. The van der Waals surface area contributed by atoms with E-state index in [9.17, 15) is 18.4 Å². The van der Waals surface area contributed by atoms with E-state index in [2.05, 4.69) is 40.7 Å². The SMILES string of the molecule is Cc1cc(OC(F)F)c(CNC(=O)c2c(C)n(C(C)C3CCN(CCP)CC3)c3ccccc23)c(=O)[nH]1. The van der Waals surface area contributed by atoms with Crippen LogP contribution in [-0.2, 0) is 6.54 Å². The van der Waals surface area contributed by atoms with Gasteiger partial charge in [0.25, 0.3) is 11.5 Å². The number of H-pyrrole nitrogens is 1. The topological polar surface area (TPSA) is 79.4 Å². The molecule has 1 saturated heterocycles. The summed E-state index contributed by atoms with van der Waals surface area (Å²) < 4.78 is 32.6. The molecule has 0 bridgehead atoms. The van der Waals surface area contributed by atoms with Crippen LogP contribution in [-0.4, -0.2) is 52.8 Å². The summed E-state index contributed by atoms with van der Waals surface area (Å²) in [7, 11) is 2.79. The van der Waals surface area contributed by atoms with E-state index in [4.69, 9.17) is 0 Å². The molecule has 37 heavy (non-hydrogen) atoms. The van der Waals surface area contributed by atoms with E-state index in [1.807, 2.05) is 31.2 Å². The van der Waals surface area contributed by atoms with E-state index in [0.29, 0.717) is 17.2 Å². The highest BCUT2D eigenvalue weighted by Gasteiger charge is 2.29. The lowest BCUT2D eigenvalue weighted by molar-refractivity contribution is -0.0506. The highest BCUT2D eigenvalue weighted by molar-refractivity contribution is 7.16. The van der Waals surface area contributed by atoms with Crippen molar-refractivity contribution in [2.24, 2.45) is 5.92 Å². The highest BCUT2D eigenvalue weighted by Crippen LogP contribution is 2.35. The van der Waals surface area contributed by atoms with Crippen molar-refractivity contribution >= 4 is 26.0 Å². The number of para-hydroxylation sites is 1. The number of fused-ring (bicyclic) bond motifs is 1. The Labute approximate surface area is 217 Å². The van der Waals surface area contributed by atoms with Gasteiger partial charge in [0.1, 0.15) is 5.75 Å². The molecule has 200 valence electrons. The number of amides is 1. The van der Waals surface area contributed by atoms with Crippen LogP contribution < -0.4 is 15.6 Å². The second-order valence-corrected chi connectivity index (χ2v) is 10.3. The average molecular weight is 533 g/mol. The van der Waals surface area contributed by atoms with Crippen molar-refractivity contribution in [3.8, 4) is 5.75 Å². The minimum absolute atomic E-state index is 0.0498. The molecule has 3 heterocycles. The quantitative estimate of drug-likeness (QED) is 0.394. The summed E-state index contributed by atoms with van der Waals surface area (Å²) in [5, 5.41) is 3.59. The molecular formula is C27H35F2N4O3P. The summed E-state index contributed by atoms with van der Waals surface area (Å²) in [6.07, 6.45) is 3.27. The van der Waals surface area contributed by atoms with E-state index in [1.54, 1.807) is 6.92 Å². The number of ether oxygens (including phenoxy) is 1. The summed E-state index contributed by atoms with van der Waals surface area (Å²) in [4.78, 5) is 31.0. The number of halogens is 2. The Hall–Kier alpha value is -2.77. The third kappa shape index (κ3) is 5.88. The molecule has 1 aliphatic rings. The smallest absolute Gasteiger partial charge is 0.387 e. The van der Waals surface area contributed by atoms with Gasteiger partial charge in [-0.25, -0.2) is 0 Å². The van der Waals surface area contributed by atoms with Gasteiger partial charge in [0.2, 0.25) is 0 Å². The molecule has 1 fully saturated rings. The molecule has 1 aliphatic heterocycles. The number of nitrogens with zero attached hydrogens (tertiary/aromatic N) is 2. The van der Waals surface area contributed by atoms with Crippen molar-refractivity contribution in [2.45, 2.75) is 52.8 Å². The third-order valence-corrected chi connectivity index (χ3v) is 7.68. The highest BCUT2D eigenvalue weighted by atomic mass is 31.0. The van der Waals surface area contributed by atoms with Gasteiger partial charge in [-0.05, 0) is 64.8 Å². The van der Waals surface area contributed by atoms with Gasteiger partial charge in [-0.3, -0.25) is 9.59 Å². The van der Waals surface area contributed by atoms with Gasteiger partial charge in [-0.2, -0.15) is 8.78 Å². The minimum Gasteiger partial charge on any atom is -0.434 e. The van der Waals surface area contributed by atoms with E-state index in [-0.39, 0.29) is 29.8 Å². The molecule has 1 amide bonds. The molecule has 0 saturated carbocycles. The maximum atomic E-state index is 13.5. The van der Waals surface area contributed by atoms with Crippen LogP contribution in [0.2, 0.25) is 0 Å². The largest absolute Gasteiger partial charge is 0.434 e. The van der Waals surface area contributed by atoms with E-state index < -0.39 is 12.2 Å². The number of rotatable bonds is 9. The van der Waals surface area contributed by atoms with Crippen molar-refractivity contribution in [1.29, 1.82) is 0 Å². The van der Waals surface area contributed by atoms with Gasteiger partial charge in [-0.15, -0.1) is 9.24 Å². The summed E-state index contributed by atoms with van der Waals surface area (Å²) in [5.41, 5.74) is 2.13. The Kier molecular flexibility index (Phi) is 8.65. The van der Waals surface area contributed by atoms with Crippen molar-refractivity contribution < 1.29 is 18.3 Å². The van der Waals surface area contributed by atoms with E-state index in [1.165, 1.54) is 6.07 Å². The number of nitrogens with one attached hydrogen (secondary N) is 2. The van der Waals surface area contributed by atoms with Crippen LogP contribution in [0.3, 0.4) is 0 Å². The molecule has 2 atom stereocenters. The number of hydrogen-bond acceptors (Lipinski definition) is 4. The fourth-order valence-electron chi connectivity index (χ4n) is 5.57. The Bertz CT molecular complexity index is 1310. The zero-order valence-electron chi connectivity index (χ0n) is 21.5. The number of carbonyl (C=O) groups is 1. The fourth-order valence-corrected chi connectivity index (χ4v) is 5.93. The number of piperidine rings is 1. The maximum absolute atomic E-state index is 13.5. The summed E-state index contributed by atoms with van der Waals surface area (Å²) >= 11 is 0. The average Bonchev–Trinajstić information content (AvgIpc) is 3.15. The maximum Gasteiger partial charge on any atom is 0.387 e. The Morgan fingerprint density at radius 2 is 1.95 bits per heavy atom. The first-order valence-electron chi connectivity index (χ1n) is 12.7. The van der Waals surface area contributed by atoms with Gasteiger partial charge in [0, 0.05) is 40.9 Å². The second kappa shape index (κ2) is 11.7. The first-order valence-corrected chi connectivity index (χ1v) is 13.5. The number of hydrogen-bond donors (Lipinski definition) is 2. The molecule has 0 spiro atoms. The lowest BCUT2D eigenvalue weighted by atomic mass is 9.90. The predicted octanol–water partition coefficient (Wildman–Crippen LogP) is 4.63. The minimum atomic E-state index is -3.08. The van der Waals surface area contributed by atoms with Crippen LogP contribution in [0.4, 0.5) is 8.78 Å². The van der Waals surface area contributed by atoms with Crippen LogP contribution in [0.5, 0.6) is 5.75 Å². The Morgan fingerprint density at radius 1 is 1.24 bits per heavy atom. The van der Waals surface area contributed by atoms with Crippen LogP contribution in [0, 0.1) is 19.8 Å². The van der Waals surface area contributed by atoms with Crippen LogP contribution in [0.1, 0.15) is 53.1 Å². The molecule has 2 N–H and O–H groups in total. The van der Waals surface area contributed by atoms with Crippen molar-refractivity contribution in [3.63, 3.8) is 0 Å². The zero-order valence-corrected chi connectivity index (χ0v) is 22.7. The van der Waals surface area contributed by atoms with Crippen LogP contribution in [0.15, 0.2) is 35.1 Å². The zero-order chi connectivity index (χ0) is 26.7. The van der Waals surface area contributed by atoms with E-state index in [0.717, 1.165) is 55.2 Å². The second-order valence-electron chi connectivity index (χ2n) is 9.74. The number of aromatic amines is 1. The van der Waals surface area contributed by atoms with E-state index >= 15 is 0 Å². The molecule has 2 unspecified atom stereocenters. The lowest BCUT2D eigenvalue weighted by Crippen LogP contribution is -2.37. The first-order chi connectivity index (χ1) is 17.7. The standard InChI is InChI=1S/C27H35F2N4O3P/c1-16-14-23(36-27(28)29)21(25(34)31-16)15-30-26(35)24-18(3)33(22-7-5-4-6-20(22)24)17(2)19-8-10-32(11-9-19)12-13-37/h4-7,14,17,19,27H,8-13,15,37H2,1-3H3,(H,30,35)(H,31,34). The van der Waals surface area contributed by atoms with Gasteiger partial charge < -0.3 is 24.5 Å². The van der Waals surface area contributed by atoms with Crippen molar-refractivity contribution in [3.05, 3.63) is 63.2 Å². The molecule has 3 aromatic rings. The van der Waals surface area contributed by atoms with Gasteiger partial charge in [-0.1, -0.05) is 18.2 Å². The molecule has 4 rings (SSSR count). The van der Waals surface area contributed by atoms with Crippen LogP contribution >= 0.6 is 9.24 Å². The molecule has 0 aliphatic carbocycles. The number of aryl methyl sites for hydroxylation is 1. The Balaban J connectivity index is 1.60. The van der Waals surface area contributed by atoms with Crippen molar-refractivity contribution in [2.75, 3.05) is 25.8 Å². The number of aromatic nitrogens is 2. The van der Waals surface area contributed by atoms with Crippen LogP contribution in [0.25, 0.3) is 10.9 Å². The molecule has 2 aromatic heterocycles. The monoisotopic (exact) mass is 532 g/mol. The summed E-state index contributed by atoms with van der Waals surface area (Å²) in [6.45, 7) is 5.66. The van der Waals surface area contributed by atoms with Gasteiger partial charge in [0.05, 0.1) is 17.7 Å². The molecule has 1 aromatic carbocycles. The number of benzene rings is 1. The molecule has 10 heteroatoms. The molecule has 7 nitrogen and oxygen atoms in total. The fraction of sp³-hybridized carbons (Fsp3) is 0.481. The lowest BCUT2D eigenvalue weighted by Gasteiger charge is -2.36. The first kappa shape index (κ1) is 27.3. The van der Waals surface area contributed by atoms with Gasteiger partial charge >= 0.3 is 6.61 Å². The van der Waals surface area contributed by atoms with Gasteiger partial charge in [0.15, 0.2) is 0 Å². The number of alkyl halides is 2. The molecular weight excluding hydrogens is 497 g/mol.